The summed E-state index contributed by atoms with van der Waals surface area (Å²) in [5.41, 5.74) is 2.21. The number of halogens is 1. The molecular weight excluding hydrogens is 332 g/mol. The molecule has 0 saturated heterocycles. The molecule has 2 aromatic rings. The van der Waals surface area contributed by atoms with E-state index in [-0.39, 0.29) is 18.8 Å². The van der Waals surface area contributed by atoms with Gasteiger partial charge < -0.3 is 10.4 Å². The molecule has 7 nitrogen and oxygen atoms in total. The van der Waals surface area contributed by atoms with Crippen molar-refractivity contribution in [2.45, 2.75) is 6.92 Å². The molecule has 3 rings (SSSR count). The van der Waals surface area contributed by atoms with Gasteiger partial charge in [0.25, 0.3) is 11.8 Å². The SMILES string of the molecule is Cc1cnn(-c2c(Cl)cccc2NC2=CC(=O)N(CCO)C2=O)c1. The number of carbonyl (C=O) groups excluding carboxylic acids is 2. The van der Waals surface area contributed by atoms with Crippen LogP contribution in [0.15, 0.2) is 42.4 Å². The van der Waals surface area contributed by atoms with E-state index < -0.39 is 11.8 Å². The lowest BCUT2D eigenvalue weighted by atomic mass is 10.2. The molecule has 1 aliphatic heterocycles. The Hall–Kier alpha value is -2.64. The van der Waals surface area contributed by atoms with Crippen molar-refractivity contribution in [3.8, 4) is 5.69 Å². The summed E-state index contributed by atoms with van der Waals surface area (Å²) in [6.07, 6.45) is 4.71. The standard InChI is InChI=1S/C16H15ClN4O3/c1-10-8-18-21(9-10)15-11(17)3-2-4-12(15)19-13-7-14(23)20(5-6-22)16(13)24/h2-4,7-9,19,22H,5-6H2,1H3. The van der Waals surface area contributed by atoms with Gasteiger partial charge in [0.2, 0.25) is 0 Å². The zero-order valence-electron chi connectivity index (χ0n) is 12.9. The molecule has 0 fully saturated rings. The Kier molecular flexibility index (Phi) is 4.37. The zero-order valence-corrected chi connectivity index (χ0v) is 13.6. The molecule has 124 valence electrons. The number of carbonyl (C=O) groups is 2. The number of para-hydroxylation sites is 1. The Morgan fingerprint density at radius 1 is 1.33 bits per heavy atom. The van der Waals surface area contributed by atoms with E-state index in [2.05, 4.69) is 10.4 Å². The van der Waals surface area contributed by atoms with Gasteiger partial charge in [-0.05, 0) is 24.6 Å². The second kappa shape index (κ2) is 6.46. The third-order valence-corrected chi connectivity index (χ3v) is 3.83. The topological polar surface area (TPSA) is 87.5 Å². The first-order chi connectivity index (χ1) is 11.5. The molecule has 1 aromatic heterocycles. The van der Waals surface area contributed by atoms with E-state index >= 15 is 0 Å². The number of hydrogen-bond donors (Lipinski definition) is 2. The molecule has 0 atom stereocenters. The van der Waals surface area contributed by atoms with Crippen LogP contribution in [0.4, 0.5) is 5.69 Å². The number of anilines is 1. The normalized spacial score (nSPS) is 14.3. The Morgan fingerprint density at radius 2 is 2.12 bits per heavy atom. The first kappa shape index (κ1) is 16.2. The molecule has 2 N–H and O–H groups in total. The molecule has 2 amide bonds. The second-order valence-corrected chi connectivity index (χ2v) is 5.71. The minimum atomic E-state index is -0.489. The van der Waals surface area contributed by atoms with E-state index in [1.54, 1.807) is 35.3 Å². The molecule has 0 radical (unpaired) electrons. The molecule has 0 saturated carbocycles. The molecule has 24 heavy (non-hydrogen) atoms. The van der Waals surface area contributed by atoms with E-state index in [0.717, 1.165) is 10.5 Å². The summed E-state index contributed by atoms with van der Waals surface area (Å²) in [6, 6.07) is 5.19. The van der Waals surface area contributed by atoms with E-state index in [9.17, 15) is 9.59 Å². The van der Waals surface area contributed by atoms with Crippen LogP contribution >= 0.6 is 11.6 Å². The number of aliphatic hydroxyl groups excluding tert-OH is 1. The smallest absolute Gasteiger partial charge is 0.277 e. The minimum Gasteiger partial charge on any atom is -0.395 e. The Bertz CT molecular complexity index is 844. The van der Waals surface area contributed by atoms with Crippen LogP contribution in [0.1, 0.15) is 5.56 Å². The van der Waals surface area contributed by atoms with Gasteiger partial charge in [0.15, 0.2) is 0 Å². The van der Waals surface area contributed by atoms with Crippen LogP contribution in [0.3, 0.4) is 0 Å². The Morgan fingerprint density at radius 3 is 2.79 bits per heavy atom. The summed E-state index contributed by atoms with van der Waals surface area (Å²) in [4.78, 5) is 25.1. The van der Waals surface area contributed by atoms with Crippen LogP contribution in [-0.2, 0) is 9.59 Å². The van der Waals surface area contributed by atoms with E-state index in [1.165, 1.54) is 6.08 Å². The molecular formula is C16H15ClN4O3. The van der Waals surface area contributed by atoms with Crippen molar-refractivity contribution >= 4 is 29.1 Å². The van der Waals surface area contributed by atoms with Gasteiger partial charge in [-0.2, -0.15) is 5.10 Å². The number of benzene rings is 1. The fourth-order valence-corrected chi connectivity index (χ4v) is 2.70. The highest BCUT2D eigenvalue weighted by molar-refractivity contribution is 6.33. The number of rotatable bonds is 5. The predicted molar refractivity (Wildman–Crippen MR) is 88.8 cm³/mol. The first-order valence-electron chi connectivity index (χ1n) is 7.27. The number of nitrogens with one attached hydrogen (secondary N) is 1. The average molecular weight is 347 g/mol. The Balaban J connectivity index is 1.95. The molecule has 0 unspecified atom stereocenters. The fraction of sp³-hybridized carbons (Fsp3) is 0.188. The molecule has 0 bridgehead atoms. The number of β-amino-alcohol motifs (C(OH)–C–C–N with tert-alkyl or cyclic N) is 1. The fourth-order valence-electron chi connectivity index (χ4n) is 2.44. The quantitative estimate of drug-likeness (QED) is 0.801. The van der Waals surface area contributed by atoms with E-state index in [0.29, 0.717) is 16.4 Å². The van der Waals surface area contributed by atoms with Gasteiger partial charge in [0.1, 0.15) is 11.4 Å². The summed E-state index contributed by atoms with van der Waals surface area (Å²) in [5.74, 6) is -0.952. The number of aliphatic hydroxyl groups is 1. The molecule has 1 aromatic carbocycles. The summed E-state index contributed by atoms with van der Waals surface area (Å²) < 4.78 is 1.60. The second-order valence-electron chi connectivity index (χ2n) is 5.30. The predicted octanol–water partition coefficient (Wildman–Crippen LogP) is 1.49. The van der Waals surface area contributed by atoms with Gasteiger partial charge in [0.05, 0.1) is 30.1 Å². The highest BCUT2D eigenvalue weighted by atomic mass is 35.5. The number of amides is 2. The summed E-state index contributed by atoms with van der Waals surface area (Å²) in [5, 5.41) is 16.6. The number of hydrogen-bond acceptors (Lipinski definition) is 5. The zero-order chi connectivity index (χ0) is 17.3. The third-order valence-electron chi connectivity index (χ3n) is 3.53. The lowest BCUT2D eigenvalue weighted by Gasteiger charge is -2.16. The summed E-state index contributed by atoms with van der Waals surface area (Å²) in [7, 11) is 0. The van der Waals surface area contributed by atoms with Crippen molar-refractivity contribution in [2.24, 2.45) is 0 Å². The maximum absolute atomic E-state index is 12.3. The number of nitrogens with zero attached hydrogens (tertiary/aromatic N) is 3. The van der Waals surface area contributed by atoms with Crippen LogP contribution < -0.4 is 5.32 Å². The van der Waals surface area contributed by atoms with Crippen LogP contribution in [-0.4, -0.2) is 44.8 Å². The summed E-state index contributed by atoms with van der Waals surface area (Å²) in [6.45, 7) is 1.58. The van der Waals surface area contributed by atoms with Gasteiger partial charge in [-0.3, -0.25) is 14.5 Å². The van der Waals surface area contributed by atoms with Crippen LogP contribution in [0.2, 0.25) is 5.02 Å². The van der Waals surface area contributed by atoms with Crippen molar-refractivity contribution in [3.05, 3.63) is 53.0 Å². The third kappa shape index (κ3) is 2.91. The molecule has 0 spiro atoms. The van der Waals surface area contributed by atoms with E-state index in [4.69, 9.17) is 16.7 Å². The van der Waals surface area contributed by atoms with Crippen molar-refractivity contribution in [3.63, 3.8) is 0 Å². The number of imide groups is 1. The lowest BCUT2D eigenvalue weighted by Crippen LogP contribution is -2.34. The first-order valence-corrected chi connectivity index (χ1v) is 7.64. The molecule has 0 aliphatic carbocycles. The van der Waals surface area contributed by atoms with Gasteiger partial charge in [-0.1, -0.05) is 17.7 Å². The van der Waals surface area contributed by atoms with Crippen molar-refractivity contribution in [2.75, 3.05) is 18.5 Å². The maximum atomic E-state index is 12.3. The van der Waals surface area contributed by atoms with Crippen molar-refractivity contribution in [1.82, 2.24) is 14.7 Å². The van der Waals surface area contributed by atoms with Gasteiger partial charge >= 0.3 is 0 Å². The Labute approximate surface area is 143 Å². The minimum absolute atomic E-state index is 0.0416. The van der Waals surface area contributed by atoms with Crippen LogP contribution in [0.25, 0.3) is 5.69 Å². The summed E-state index contributed by atoms with van der Waals surface area (Å²) >= 11 is 6.29. The lowest BCUT2D eigenvalue weighted by molar-refractivity contribution is -0.137. The van der Waals surface area contributed by atoms with Gasteiger partial charge in [-0.15, -0.1) is 0 Å². The highest BCUT2D eigenvalue weighted by Gasteiger charge is 2.31. The van der Waals surface area contributed by atoms with Crippen LogP contribution in [0, 0.1) is 6.92 Å². The van der Waals surface area contributed by atoms with Crippen molar-refractivity contribution < 1.29 is 14.7 Å². The van der Waals surface area contributed by atoms with Gasteiger partial charge in [-0.25, -0.2) is 4.68 Å². The van der Waals surface area contributed by atoms with E-state index in [1.807, 2.05) is 6.92 Å². The average Bonchev–Trinajstić information content (AvgIpc) is 3.07. The monoisotopic (exact) mass is 346 g/mol. The van der Waals surface area contributed by atoms with Crippen molar-refractivity contribution in [1.29, 1.82) is 0 Å². The highest BCUT2D eigenvalue weighted by Crippen LogP contribution is 2.30. The maximum Gasteiger partial charge on any atom is 0.277 e. The molecule has 2 heterocycles. The van der Waals surface area contributed by atoms with Gasteiger partial charge in [0, 0.05) is 12.3 Å². The number of aromatic nitrogens is 2. The molecule has 1 aliphatic rings. The number of aryl methyl sites for hydroxylation is 1. The van der Waals surface area contributed by atoms with Crippen LogP contribution in [0.5, 0.6) is 0 Å². The molecule has 8 heteroatoms. The largest absolute Gasteiger partial charge is 0.395 e.